The highest BCUT2D eigenvalue weighted by molar-refractivity contribution is 5.87. The fraction of sp³-hybridized carbons (Fsp3) is 0.280. The van der Waals surface area contributed by atoms with Gasteiger partial charge in [-0.25, -0.2) is 9.59 Å². The Bertz CT molecular complexity index is 847. The predicted octanol–water partition coefficient (Wildman–Crippen LogP) is 5.27. The normalized spacial score (nSPS) is 9.66. The van der Waals surface area contributed by atoms with E-state index in [9.17, 15) is 9.59 Å². The van der Waals surface area contributed by atoms with Crippen molar-refractivity contribution in [3.63, 3.8) is 0 Å². The summed E-state index contributed by atoms with van der Waals surface area (Å²) in [6, 6.07) is 16.0. The minimum atomic E-state index is -0.342. The number of aryl methyl sites for hydroxylation is 2. The molecular formula is C25H30O4. The molecule has 0 N–H and O–H groups in total. The van der Waals surface area contributed by atoms with Crippen LogP contribution in [-0.2, 0) is 32.1 Å². The number of hydrogen-bond donors (Lipinski definition) is 0. The molecule has 0 spiro atoms. The smallest absolute Gasteiger partial charge is 0.333 e. The molecule has 0 aromatic heterocycles. The molecule has 2 aromatic rings. The van der Waals surface area contributed by atoms with Crippen molar-refractivity contribution in [3.8, 4) is 0 Å². The molecule has 2 rings (SSSR count). The summed E-state index contributed by atoms with van der Waals surface area (Å²) in [4.78, 5) is 22.2. The molecule has 0 radical (unpaired) electrons. The van der Waals surface area contributed by atoms with Gasteiger partial charge in [-0.15, -0.1) is 0 Å². The largest absolute Gasteiger partial charge is 0.462 e. The summed E-state index contributed by atoms with van der Waals surface area (Å²) in [5, 5.41) is 0. The van der Waals surface area contributed by atoms with Gasteiger partial charge < -0.3 is 9.47 Å². The second-order valence-electron chi connectivity index (χ2n) is 6.93. The van der Waals surface area contributed by atoms with E-state index in [-0.39, 0.29) is 11.9 Å². The van der Waals surface area contributed by atoms with Gasteiger partial charge in [0, 0.05) is 17.6 Å². The zero-order chi connectivity index (χ0) is 21.8. The van der Waals surface area contributed by atoms with Crippen LogP contribution in [0.2, 0.25) is 0 Å². The number of benzene rings is 2. The molecular weight excluding hydrogens is 364 g/mol. The lowest BCUT2D eigenvalue weighted by Crippen LogP contribution is -2.08. The third kappa shape index (κ3) is 9.56. The Labute approximate surface area is 173 Å². The Morgan fingerprint density at radius 3 is 1.93 bits per heavy atom. The van der Waals surface area contributed by atoms with Crippen molar-refractivity contribution in [1.82, 2.24) is 0 Å². The second kappa shape index (κ2) is 12.3. The van der Waals surface area contributed by atoms with Gasteiger partial charge in [0.2, 0.25) is 0 Å². The minimum Gasteiger partial charge on any atom is -0.462 e. The van der Waals surface area contributed by atoms with Crippen molar-refractivity contribution in [2.75, 3.05) is 6.61 Å². The van der Waals surface area contributed by atoms with Gasteiger partial charge in [0.05, 0.1) is 6.61 Å². The van der Waals surface area contributed by atoms with Gasteiger partial charge >= 0.3 is 11.9 Å². The molecule has 0 fully saturated rings. The van der Waals surface area contributed by atoms with Gasteiger partial charge in [0.15, 0.2) is 0 Å². The van der Waals surface area contributed by atoms with E-state index in [1.165, 1.54) is 16.7 Å². The summed E-state index contributed by atoms with van der Waals surface area (Å²) in [5.41, 5.74) is 5.50. The van der Waals surface area contributed by atoms with Crippen LogP contribution >= 0.6 is 0 Å². The third-order valence-corrected chi connectivity index (χ3v) is 4.05. The lowest BCUT2D eigenvalue weighted by atomic mass is 10.1. The van der Waals surface area contributed by atoms with Crippen LogP contribution in [0.1, 0.15) is 36.1 Å². The van der Waals surface area contributed by atoms with Crippen LogP contribution in [0.25, 0.3) is 0 Å². The van der Waals surface area contributed by atoms with E-state index in [1.54, 1.807) is 13.8 Å². The fourth-order valence-electron chi connectivity index (χ4n) is 2.22. The zero-order valence-corrected chi connectivity index (χ0v) is 17.8. The van der Waals surface area contributed by atoms with E-state index >= 15 is 0 Å². The molecule has 0 aliphatic rings. The number of hydrogen-bond acceptors (Lipinski definition) is 4. The standard InChI is InChI=1S/C13H16O2.C12H14O2/c1-10(2)13(14)15-9-8-12-7-5-4-6-11(12)3;1-9(2)12(13)14-8-11-6-4-10(3)5-7-11/h4-7H,1,8-9H2,2-3H3;4-7H,1,8H2,2-3H3. The Hall–Kier alpha value is -3.14. The SMILES string of the molecule is C=C(C)C(=O)OCCc1ccccc1C.C=C(C)C(=O)OCc1ccc(C)cc1. The molecule has 0 amide bonds. The van der Waals surface area contributed by atoms with Gasteiger partial charge in [-0.2, -0.15) is 0 Å². The molecule has 0 saturated heterocycles. The maximum Gasteiger partial charge on any atom is 0.333 e. The first-order valence-corrected chi connectivity index (χ1v) is 9.46. The lowest BCUT2D eigenvalue weighted by molar-refractivity contribution is -0.140. The monoisotopic (exact) mass is 394 g/mol. The first-order valence-electron chi connectivity index (χ1n) is 9.46. The lowest BCUT2D eigenvalue weighted by Gasteiger charge is -2.06. The summed E-state index contributed by atoms with van der Waals surface area (Å²) in [5.74, 6) is -0.658. The summed E-state index contributed by atoms with van der Waals surface area (Å²) >= 11 is 0. The molecule has 0 saturated carbocycles. The minimum absolute atomic E-state index is 0.311. The highest BCUT2D eigenvalue weighted by Gasteiger charge is 2.04. The number of rotatable bonds is 7. The first-order chi connectivity index (χ1) is 13.7. The van der Waals surface area contributed by atoms with Crippen LogP contribution in [0.3, 0.4) is 0 Å². The molecule has 0 aliphatic carbocycles. The highest BCUT2D eigenvalue weighted by atomic mass is 16.5. The van der Waals surface area contributed by atoms with E-state index in [0.29, 0.717) is 24.4 Å². The molecule has 0 bridgehead atoms. The Morgan fingerprint density at radius 1 is 0.828 bits per heavy atom. The van der Waals surface area contributed by atoms with Crippen LogP contribution in [0, 0.1) is 13.8 Å². The first kappa shape index (κ1) is 23.9. The molecule has 29 heavy (non-hydrogen) atoms. The van der Waals surface area contributed by atoms with Gasteiger partial charge in [-0.3, -0.25) is 0 Å². The van der Waals surface area contributed by atoms with Crippen molar-refractivity contribution in [3.05, 3.63) is 95.1 Å². The van der Waals surface area contributed by atoms with Crippen molar-refractivity contribution in [2.24, 2.45) is 0 Å². The third-order valence-electron chi connectivity index (χ3n) is 4.05. The summed E-state index contributed by atoms with van der Waals surface area (Å²) < 4.78 is 10.0. The van der Waals surface area contributed by atoms with Crippen molar-refractivity contribution >= 4 is 11.9 Å². The van der Waals surface area contributed by atoms with Gasteiger partial charge in [-0.05, 0) is 44.4 Å². The average Bonchev–Trinajstić information content (AvgIpc) is 2.69. The molecule has 0 unspecified atom stereocenters. The topological polar surface area (TPSA) is 52.6 Å². The van der Waals surface area contributed by atoms with E-state index in [0.717, 1.165) is 12.0 Å². The molecule has 2 aromatic carbocycles. The van der Waals surface area contributed by atoms with Crippen LogP contribution in [0.4, 0.5) is 0 Å². The van der Waals surface area contributed by atoms with Crippen molar-refractivity contribution in [1.29, 1.82) is 0 Å². The molecule has 4 heteroatoms. The van der Waals surface area contributed by atoms with E-state index in [2.05, 4.69) is 26.1 Å². The molecule has 4 nitrogen and oxygen atoms in total. The van der Waals surface area contributed by atoms with Crippen molar-refractivity contribution in [2.45, 2.75) is 40.7 Å². The van der Waals surface area contributed by atoms with Crippen molar-refractivity contribution < 1.29 is 19.1 Å². The van der Waals surface area contributed by atoms with E-state index in [4.69, 9.17) is 9.47 Å². The summed E-state index contributed by atoms with van der Waals surface area (Å²) in [7, 11) is 0. The van der Waals surface area contributed by atoms with E-state index < -0.39 is 0 Å². The maximum atomic E-state index is 11.1. The second-order valence-corrected chi connectivity index (χ2v) is 6.93. The van der Waals surface area contributed by atoms with Gasteiger partial charge in [0.1, 0.15) is 6.61 Å². The molecule has 0 aliphatic heterocycles. The van der Waals surface area contributed by atoms with Crippen LogP contribution in [0.5, 0.6) is 0 Å². The summed E-state index contributed by atoms with van der Waals surface area (Å²) in [6.07, 6.45) is 0.756. The average molecular weight is 395 g/mol. The predicted molar refractivity (Wildman–Crippen MR) is 116 cm³/mol. The van der Waals surface area contributed by atoms with Crippen LogP contribution in [-0.4, -0.2) is 18.5 Å². The van der Waals surface area contributed by atoms with Gasteiger partial charge in [0.25, 0.3) is 0 Å². The maximum absolute atomic E-state index is 11.1. The fourth-order valence-corrected chi connectivity index (χ4v) is 2.22. The quantitative estimate of drug-likeness (QED) is 0.474. The Morgan fingerprint density at radius 2 is 1.38 bits per heavy atom. The van der Waals surface area contributed by atoms with Crippen LogP contribution < -0.4 is 0 Å². The van der Waals surface area contributed by atoms with Crippen LogP contribution in [0.15, 0.2) is 72.8 Å². The van der Waals surface area contributed by atoms with E-state index in [1.807, 2.05) is 49.4 Å². The Kier molecular flexibility index (Phi) is 10.2. The molecule has 0 atom stereocenters. The molecule has 154 valence electrons. The number of ether oxygens (including phenoxy) is 2. The highest BCUT2D eigenvalue weighted by Crippen LogP contribution is 2.08. The molecule has 0 heterocycles. The zero-order valence-electron chi connectivity index (χ0n) is 17.8. The Balaban J connectivity index is 0.000000291. The van der Waals surface area contributed by atoms with Gasteiger partial charge in [-0.1, -0.05) is 67.3 Å². The summed E-state index contributed by atoms with van der Waals surface area (Å²) in [6.45, 7) is 15.1. The number of carbonyl (C=O) groups excluding carboxylic acids is 2. The number of carbonyl (C=O) groups is 2. The number of esters is 2.